The van der Waals surface area contributed by atoms with E-state index in [9.17, 15) is 0 Å². The van der Waals surface area contributed by atoms with Gasteiger partial charge in [-0.3, -0.25) is 0 Å². The lowest BCUT2D eigenvalue weighted by atomic mass is 10.0. The number of fused-ring (bicyclic) bond motifs is 1. The van der Waals surface area contributed by atoms with Crippen LogP contribution < -0.4 is 0 Å². The van der Waals surface area contributed by atoms with Gasteiger partial charge in [-0.15, -0.1) is 10.2 Å². The summed E-state index contributed by atoms with van der Waals surface area (Å²) >= 11 is 0. The fourth-order valence-electron chi connectivity index (χ4n) is 3.57. The van der Waals surface area contributed by atoms with E-state index >= 15 is 0 Å². The maximum absolute atomic E-state index is 4.36. The molecule has 28 heavy (non-hydrogen) atoms. The van der Waals surface area contributed by atoms with Crippen molar-refractivity contribution in [2.45, 2.75) is 12.8 Å². The number of H-pyrrole nitrogens is 2. The second kappa shape index (κ2) is 7.16. The van der Waals surface area contributed by atoms with E-state index in [0.29, 0.717) is 0 Å². The van der Waals surface area contributed by atoms with Crippen LogP contribution in [0.15, 0.2) is 85.1 Å². The van der Waals surface area contributed by atoms with Gasteiger partial charge in [-0.05, 0) is 52.8 Å². The molecule has 0 saturated heterocycles. The van der Waals surface area contributed by atoms with E-state index in [0.717, 1.165) is 30.1 Å². The lowest BCUT2D eigenvalue weighted by Crippen LogP contribution is -1.91. The predicted octanol–water partition coefficient (Wildman–Crippen LogP) is 5.13. The molecule has 0 aliphatic rings. The lowest BCUT2D eigenvalue weighted by molar-refractivity contribution is 0.973. The number of aromatic amines is 2. The quantitative estimate of drug-likeness (QED) is 0.454. The van der Waals surface area contributed by atoms with Crippen molar-refractivity contribution in [2.75, 3.05) is 0 Å². The highest BCUT2D eigenvalue weighted by molar-refractivity contribution is 5.80. The molecule has 0 amide bonds. The normalized spacial score (nSPS) is 11.1. The number of benzene rings is 3. The summed E-state index contributed by atoms with van der Waals surface area (Å²) in [5.74, 6) is 1.69. The zero-order valence-electron chi connectivity index (χ0n) is 15.4. The first-order chi connectivity index (χ1) is 13.8. The Morgan fingerprint density at radius 1 is 0.679 bits per heavy atom. The van der Waals surface area contributed by atoms with E-state index in [1.807, 2.05) is 24.4 Å². The molecule has 0 radical (unpaired) electrons. The van der Waals surface area contributed by atoms with Gasteiger partial charge in [-0.25, -0.2) is 0 Å². The highest BCUT2D eigenvalue weighted by Gasteiger charge is 2.08. The first-order valence-electron chi connectivity index (χ1n) is 9.44. The number of rotatable bonds is 5. The highest BCUT2D eigenvalue weighted by atomic mass is 15.2. The monoisotopic (exact) mass is 364 g/mol. The van der Waals surface area contributed by atoms with Crippen molar-refractivity contribution in [1.29, 1.82) is 0 Å². The number of nitrogens with zero attached hydrogens (tertiary/aromatic N) is 2. The van der Waals surface area contributed by atoms with Crippen molar-refractivity contribution in [2.24, 2.45) is 0 Å². The molecule has 0 aliphatic carbocycles. The number of hydrogen-bond acceptors (Lipinski definition) is 2. The Labute approximate surface area is 163 Å². The maximum atomic E-state index is 4.36. The molecular formula is C24H20N4. The summed E-state index contributed by atoms with van der Waals surface area (Å²) in [6, 6.07) is 27.5. The molecule has 0 saturated carbocycles. The molecule has 2 aromatic heterocycles. The Balaban J connectivity index is 1.36. The zero-order valence-corrected chi connectivity index (χ0v) is 15.4. The second-order valence-corrected chi connectivity index (χ2v) is 7.06. The minimum Gasteiger partial charge on any atom is -0.361 e. The van der Waals surface area contributed by atoms with Crippen LogP contribution in [-0.4, -0.2) is 20.2 Å². The summed E-state index contributed by atoms with van der Waals surface area (Å²) in [6.45, 7) is 0. The molecule has 5 rings (SSSR count). The van der Waals surface area contributed by atoms with Crippen LogP contribution in [0.4, 0.5) is 0 Å². The SMILES string of the molecule is c1ccc(Cc2nnc(-c3cccc(Cc4ccc5[nH]ccc5c4)c3)[nH]2)cc1. The summed E-state index contributed by atoms with van der Waals surface area (Å²) in [7, 11) is 0. The standard InChI is InChI=1S/C24H20N4/c1-2-5-17(6-3-1)16-23-26-24(28-27-23)21-8-4-7-18(15-21)13-19-9-10-22-20(14-19)11-12-25-22/h1-12,14-15,25H,13,16H2,(H,26,27,28). The Hall–Kier alpha value is -3.66. The minimum atomic E-state index is 0.754. The molecule has 3 aromatic carbocycles. The smallest absolute Gasteiger partial charge is 0.161 e. The molecule has 5 aromatic rings. The average Bonchev–Trinajstić information content (AvgIpc) is 3.38. The van der Waals surface area contributed by atoms with Crippen molar-refractivity contribution in [3.8, 4) is 11.4 Å². The maximum Gasteiger partial charge on any atom is 0.161 e. The van der Waals surface area contributed by atoms with Gasteiger partial charge in [0.05, 0.1) is 0 Å². The molecule has 4 nitrogen and oxygen atoms in total. The van der Waals surface area contributed by atoms with Crippen LogP contribution in [0.2, 0.25) is 0 Å². The third-order valence-corrected chi connectivity index (χ3v) is 4.97. The molecule has 136 valence electrons. The zero-order chi connectivity index (χ0) is 18.8. The van der Waals surface area contributed by atoms with E-state index in [1.54, 1.807) is 0 Å². The van der Waals surface area contributed by atoms with E-state index in [2.05, 4.69) is 80.8 Å². The van der Waals surface area contributed by atoms with Crippen LogP contribution in [0.5, 0.6) is 0 Å². The lowest BCUT2D eigenvalue weighted by Gasteiger charge is -2.05. The van der Waals surface area contributed by atoms with Gasteiger partial charge in [-0.1, -0.05) is 54.6 Å². The topological polar surface area (TPSA) is 57.4 Å². The fraction of sp³-hybridized carbons (Fsp3) is 0.0833. The van der Waals surface area contributed by atoms with Gasteiger partial charge in [0, 0.05) is 23.7 Å². The van der Waals surface area contributed by atoms with Crippen LogP contribution in [0, 0.1) is 0 Å². The van der Waals surface area contributed by atoms with Crippen molar-refractivity contribution >= 4 is 10.9 Å². The van der Waals surface area contributed by atoms with Crippen molar-refractivity contribution in [3.05, 3.63) is 108 Å². The van der Waals surface area contributed by atoms with Crippen LogP contribution >= 0.6 is 0 Å². The van der Waals surface area contributed by atoms with Gasteiger partial charge in [0.2, 0.25) is 0 Å². The summed E-state index contributed by atoms with van der Waals surface area (Å²) in [4.78, 5) is 6.60. The molecule has 2 N–H and O–H groups in total. The predicted molar refractivity (Wildman–Crippen MR) is 112 cm³/mol. The molecule has 0 bridgehead atoms. The van der Waals surface area contributed by atoms with E-state index < -0.39 is 0 Å². The largest absolute Gasteiger partial charge is 0.361 e. The van der Waals surface area contributed by atoms with Crippen LogP contribution in [-0.2, 0) is 12.8 Å². The molecule has 0 atom stereocenters. The Bertz CT molecular complexity index is 1220. The third kappa shape index (κ3) is 3.45. The number of nitrogens with one attached hydrogen (secondary N) is 2. The van der Waals surface area contributed by atoms with E-state index in [-0.39, 0.29) is 0 Å². The second-order valence-electron chi connectivity index (χ2n) is 7.06. The molecule has 4 heteroatoms. The van der Waals surface area contributed by atoms with Crippen molar-refractivity contribution in [1.82, 2.24) is 20.2 Å². The molecule has 0 spiro atoms. The molecular weight excluding hydrogens is 344 g/mol. The summed E-state index contributed by atoms with van der Waals surface area (Å²) < 4.78 is 0. The Morgan fingerprint density at radius 2 is 1.54 bits per heavy atom. The van der Waals surface area contributed by atoms with Gasteiger partial charge in [-0.2, -0.15) is 0 Å². The van der Waals surface area contributed by atoms with Crippen LogP contribution in [0.3, 0.4) is 0 Å². The highest BCUT2D eigenvalue weighted by Crippen LogP contribution is 2.21. The third-order valence-electron chi connectivity index (χ3n) is 4.97. The number of aromatic nitrogens is 4. The van der Waals surface area contributed by atoms with Crippen LogP contribution in [0.25, 0.3) is 22.3 Å². The van der Waals surface area contributed by atoms with Crippen LogP contribution in [0.1, 0.15) is 22.5 Å². The summed E-state index contributed by atoms with van der Waals surface area (Å²) in [5, 5.41) is 9.92. The van der Waals surface area contributed by atoms with Gasteiger partial charge in [0.15, 0.2) is 5.82 Å². The number of hydrogen-bond donors (Lipinski definition) is 2. The van der Waals surface area contributed by atoms with E-state index in [4.69, 9.17) is 0 Å². The molecule has 2 heterocycles. The minimum absolute atomic E-state index is 0.754. The molecule has 0 aliphatic heterocycles. The van der Waals surface area contributed by atoms with Gasteiger partial charge < -0.3 is 9.97 Å². The van der Waals surface area contributed by atoms with Crippen molar-refractivity contribution in [3.63, 3.8) is 0 Å². The summed E-state index contributed by atoms with van der Waals surface area (Å²) in [6.07, 6.45) is 3.62. The molecule has 0 fully saturated rings. The van der Waals surface area contributed by atoms with Gasteiger partial charge in [0.25, 0.3) is 0 Å². The fourth-order valence-corrected chi connectivity index (χ4v) is 3.57. The van der Waals surface area contributed by atoms with Gasteiger partial charge in [0.1, 0.15) is 5.82 Å². The first kappa shape index (κ1) is 16.5. The average molecular weight is 364 g/mol. The van der Waals surface area contributed by atoms with E-state index in [1.165, 1.54) is 27.6 Å². The summed E-state index contributed by atoms with van der Waals surface area (Å²) in [5.41, 5.74) is 6.01. The van der Waals surface area contributed by atoms with Gasteiger partial charge >= 0.3 is 0 Å². The molecule has 0 unspecified atom stereocenters. The first-order valence-corrected chi connectivity index (χ1v) is 9.44. The van der Waals surface area contributed by atoms with Crippen molar-refractivity contribution < 1.29 is 0 Å². The Kier molecular flexibility index (Phi) is 4.22. The Morgan fingerprint density at radius 3 is 2.46 bits per heavy atom.